The number of carbonyl (C=O) groups is 2. The molecule has 242 valence electrons. The molecular formula is C35H41N3O7Si. The van der Waals surface area contributed by atoms with Crippen molar-refractivity contribution in [3.63, 3.8) is 0 Å². The zero-order valence-electron chi connectivity index (χ0n) is 26.8. The number of hydrogen-bond acceptors (Lipinski definition) is 7. The second-order valence-electron chi connectivity index (χ2n) is 13.2. The molecule has 4 atom stereocenters. The highest BCUT2D eigenvalue weighted by Crippen LogP contribution is 2.60. The van der Waals surface area contributed by atoms with Gasteiger partial charge in [0.25, 0.3) is 11.6 Å². The number of ether oxygens (including phenoxy) is 2. The summed E-state index contributed by atoms with van der Waals surface area (Å²) in [5.41, 5.74) is 1.16. The van der Waals surface area contributed by atoms with Crippen LogP contribution in [0.25, 0.3) is 0 Å². The molecule has 0 bridgehead atoms. The number of benzene rings is 3. The number of hydrogen-bond donors (Lipinski definition) is 1. The second kappa shape index (κ2) is 12.3. The predicted octanol–water partition coefficient (Wildman–Crippen LogP) is 5.27. The largest absolute Gasteiger partial charge is 0.497 e. The molecule has 0 aromatic heterocycles. The predicted molar refractivity (Wildman–Crippen MR) is 178 cm³/mol. The summed E-state index contributed by atoms with van der Waals surface area (Å²) >= 11 is 0. The van der Waals surface area contributed by atoms with E-state index in [2.05, 4.69) is 25.2 Å². The van der Waals surface area contributed by atoms with Crippen LogP contribution in [0.5, 0.6) is 5.75 Å². The van der Waals surface area contributed by atoms with E-state index in [9.17, 15) is 24.8 Å². The van der Waals surface area contributed by atoms with Gasteiger partial charge < -0.3 is 24.4 Å². The number of amides is 2. The van der Waals surface area contributed by atoms with Gasteiger partial charge in [0.05, 0.1) is 38.4 Å². The van der Waals surface area contributed by atoms with Crippen molar-refractivity contribution in [1.29, 1.82) is 0 Å². The van der Waals surface area contributed by atoms with Gasteiger partial charge in [0.15, 0.2) is 5.60 Å². The quantitative estimate of drug-likeness (QED) is 0.192. The summed E-state index contributed by atoms with van der Waals surface area (Å²) in [6, 6.07) is 20.3. The third-order valence-corrected chi connectivity index (χ3v) is 14.7. The van der Waals surface area contributed by atoms with E-state index in [4.69, 9.17) is 9.47 Å². The maximum absolute atomic E-state index is 14.8. The molecule has 11 heteroatoms. The molecule has 2 amide bonds. The van der Waals surface area contributed by atoms with Crippen LogP contribution in [0.3, 0.4) is 0 Å². The zero-order chi connectivity index (χ0) is 32.8. The number of methoxy groups -OCH3 is 1. The average molecular weight is 644 g/mol. The van der Waals surface area contributed by atoms with Gasteiger partial charge in [-0.05, 0) is 60.7 Å². The molecule has 3 aromatic carbocycles. The fourth-order valence-corrected chi connectivity index (χ4v) is 12.1. The van der Waals surface area contributed by atoms with Crippen LogP contribution in [0.1, 0.15) is 43.7 Å². The molecule has 2 fully saturated rings. The lowest BCUT2D eigenvalue weighted by Gasteiger charge is -2.37. The number of nitro groups is 1. The number of nitrogens with zero attached hydrogens (tertiary/aromatic N) is 3. The van der Waals surface area contributed by atoms with Gasteiger partial charge in [-0.15, -0.1) is 0 Å². The monoisotopic (exact) mass is 643 g/mol. The molecular weight excluding hydrogens is 602 g/mol. The van der Waals surface area contributed by atoms with Gasteiger partial charge in [0.2, 0.25) is 5.91 Å². The van der Waals surface area contributed by atoms with Crippen LogP contribution < -0.4 is 19.7 Å². The van der Waals surface area contributed by atoms with Crippen molar-refractivity contribution in [2.24, 2.45) is 5.92 Å². The lowest BCUT2D eigenvalue weighted by molar-refractivity contribution is -0.385. The molecule has 0 unspecified atom stereocenters. The molecule has 6 rings (SSSR count). The normalized spacial score (nSPS) is 24.5. The molecule has 3 heterocycles. The lowest BCUT2D eigenvalue weighted by atomic mass is 9.82. The first-order valence-corrected chi connectivity index (χ1v) is 19.0. The molecule has 3 aliphatic heterocycles. The molecule has 0 aliphatic carbocycles. The standard InChI is InChI=1S/C35H41N3O7Si/c1-23-33(46(3,4)28-15-13-27(44-2)14-16-28)31(18-20-39)45-35(23)29-21-26(38(42)43)12-17-30(29)37(34(35)41)22-24-8-10-25(11-9-24)36-19-6-5-7-32(36)40/h8-17,21,23,31,33,39H,5-7,18-20,22H2,1-4H3/t23-,31+,33-,35+/m0/s1. The number of fused-ring (bicyclic) bond motifs is 2. The summed E-state index contributed by atoms with van der Waals surface area (Å²) in [4.78, 5) is 42.3. The minimum absolute atomic E-state index is 0.0783. The van der Waals surface area contributed by atoms with E-state index in [0.29, 0.717) is 30.6 Å². The molecule has 2 saturated heterocycles. The number of carbonyl (C=O) groups excluding carboxylic acids is 2. The van der Waals surface area contributed by atoms with Gasteiger partial charge in [0, 0.05) is 48.9 Å². The SMILES string of the molecule is COc1ccc([Si](C)(C)[C@@H]2[C@@H](CCO)O[C@]3(C(=O)N(Cc4ccc(N5CCCCC5=O)cc4)c4ccc([N+](=O)[O-])cc43)[C@H]2C)cc1. The number of aliphatic hydroxyl groups is 1. The first-order valence-electron chi connectivity index (χ1n) is 16.0. The van der Waals surface area contributed by atoms with Gasteiger partial charge in [-0.2, -0.15) is 0 Å². The summed E-state index contributed by atoms with van der Waals surface area (Å²) in [6.45, 7) is 7.35. The number of nitro benzene ring substituents is 1. The van der Waals surface area contributed by atoms with Gasteiger partial charge in [-0.1, -0.05) is 49.5 Å². The summed E-state index contributed by atoms with van der Waals surface area (Å²) in [6.07, 6.45) is 2.34. The van der Waals surface area contributed by atoms with E-state index in [1.54, 1.807) is 18.1 Å². The third-order valence-electron chi connectivity index (χ3n) is 10.4. The third kappa shape index (κ3) is 5.20. The van der Waals surface area contributed by atoms with Crippen molar-refractivity contribution in [2.45, 2.75) is 69.5 Å². The van der Waals surface area contributed by atoms with Crippen LogP contribution in [0, 0.1) is 16.0 Å². The van der Waals surface area contributed by atoms with Crippen molar-refractivity contribution >= 4 is 42.1 Å². The minimum atomic E-state index is -2.38. The Morgan fingerprint density at radius 3 is 2.41 bits per heavy atom. The number of rotatable bonds is 9. The van der Waals surface area contributed by atoms with Crippen LogP contribution in [0.15, 0.2) is 66.7 Å². The molecule has 0 saturated carbocycles. The van der Waals surface area contributed by atoms with E-state index in [1.807, 2.05) is 48.2 Å². The highest BCUT2D eigenvalue weighted by atomic mass is 28.3. The Hall–Kier alpha value is -4.06. The van der Waals surface area contributed by atoms with Crippen LogP contribution >= 0.6 is 0 Å². The number of aliphatic hydroxyl groups excluding tert-OH is 1. The summed E-state index contributed by atoms with van der Waals surface area (Å²) in [5, 5.41) is 23.3. The maximum Gasteiger partial charge on any atom is 0.269 e. The van der Waals surface area contributed by atoms with E-state index in [-0.39, 0.29) is 42.1 Å². The van der Waals surface area contributed by atoms with Crippen LogP contribution in [0.2, 0.25) is 18.6 Å². The molecule has 3 aromatic rings. The Bertz CT molecular complexity index is 1640. The van der Waals surface area contributed by atoms with Gasteiger partial charge >= 0.3 is 0 Å². The topological polar surface area (TPSA) is 122 Å². The van der Waals surface area contributed by atoms with E-state index < -0.39 is 24.7 Å². The molecule has 46 heavy (non-hydrogen) atoms. The minimum Gasteiger partial charge on any atom is -0.497 e. The van der Waals surface area contributed by atoms with Crippen molar-refractivity contribution in [1.82, 2.24) is 0 Å². The summed E-state index contributed by atoms with van der Waals surface area (Å²) < 4.78 is 12.3. The molecule has 10 nitrogen and oxygen atoms in total. The maximum atomic E-state index is 14.8. The zero-order valence-corrected chi connectivity index (χ0v) is 27.8. The van der Waals surface area contributed by atoms with Gasteiger partial charge in [-0.3, -0.25) is 19.7 Å². The fraction of sp³-hybridized carbons (Fsp3) is 0.429. The first kappa shape index (κ1) is 31.9. The average Bonchev–Trinajstić information content (AvgIpc) is 3.48. The Balaban J connectivity index is 1.39. The molecule has 3 aliphatic rings. The molecule has 0 radical (unpaired) electrons. The van der Waals surface area contributed by atoms with Crippen molar-refractivity contribution in [3.05, 3.63) is 88.0 Å². The van der Waals surface area contributed by atoms with E-state index >= 15 is 0 Å². The van der Waals surface area contributed by atoms with Gasteiger partial charge in [0.1, 0.15) is 5.75 Å². The Labute approximate surface area is 270 Å². The van der Waals surface area contributed by atoms with E-state index in [1.165, 1.54) is 17.3 Å². The smallest absolute Gasteiger partial charge is 0.269 e. The molecule has 1 N–H and O–H groups in total. The van der Waals surface area contributed by atoms with Crippen LogP contribution in [0.4, 0.5) is 17.1 Å². The van der Waals surface area contributed by atoms with Crippen LogP contribution in [-0.2, 0) is 26.5 Å². The number of piperidine rings is 1. The van der Waals surface area contributed by atoms with Crippen LogP contribution in [-0.4, -0.2) is 56.3 Å². The van der Waals surface area contributed by atoms with Crippen molar-refractivity contribution in [2.75, 3.05) is 30.1 Å². The summed E-state index contributed by atoms with van der Waals surface area (Å²) in [5.74, 6) is 0.284. The highest BCUT2D eigenvalue weighted by molar-refractivity contribution is 6.91. The summed E-state index contributed by atoms with van der Waals surface area (Å²) in [7, 11) is -0.750. The Morgan fingerprint density at radius 2 is 1.78 bits per heavy atom. The lowest BCUT2D eigenvalue weighted by Crippen LogP contribution is -2.51. The Kier molecular flexibility index (Phi) is 8.51. The second-order valence-corrected chi connectivity index (χ2v) is 17.9. The fourth-order valence-electron chi connectivity index (χ4n) is 8.01. The number of non-ortho nitro benzene ring substituents is 1. The Morgan fingerprint density at radius 1 is 1.07 bits per heavy atom. The molecule has 1 spiro atoms. The van der Waals surface area contributed by atoms with E-state index in [0.717, 1.165) is 29.8 Å². The van der Waals surface area contributed by atoms with Crippen molar-refractivity contribution in [3.8, 4) is 5.75 Å². The highest BCUT2D eigenvalue weighted by Gasteiger charge is 2.66. The number of anilines is 2. The first-order chi connectivity index (χ1) is 22.0. The van der Waals surface area contributed by atoms with Crippen molar-refractivity contribution < 1.29 is 29.1 Å². The van der Waals surface area contributed by atoms with Gasteiger partial charge in [-0.25, -0.2) is 0 Å².